The predicted molar refractivity (Wildman–Crippen MR) is 90.8 cm³/mol. The molecule has 0 N–H and O–H groups in total. The number of alkyl halides is 1. The van der Waals surface area contributed by atoms with Crippen molar-refractivity contribution in [2.45, 2.75) is 68.8 Å². The number of terminal acetylenes is 1. The van der Waals surface area contributed by atoms with Gasteiger partial charge < -0.3 is 4.48 Å². The lowest BCUT2D eigenvalue weighted by Crippen LogP contribution is -2.56. The number of unbranched alkanes of at least 4 members (excludes halogenated alkanes) is 4. The molecule has 0 saturated heterocycles. The number of hydrogen-bond donors (Lipinski definition) is 0. The Kier molecular flexibility index (Phi) is 9.33. The van der Waals surface area contributed by atoms with Gasteiger partial charge in [-0.3, -0.25) is 0 Å². The average molecular weight is 364 g/mol. The van der Waals surface area contributed by atoms with E-state index in [-0.39, 0.29) is 3.55 Å². The van der Waals surface area contributed by atoms with Crippen LogP contribution in [0.1, 0.15) is 65.2 Å². The maximum absolute atomic E-state index is 5.57. The highest BCUT2D eigenvalue weighted by Crippen LogP contribution is 2.37. The zero-order valence-corrected chi connectivity index (χ0v) is 14.9. The Morgan fingerprint density at radius 1 is 1.06 bits per heavy atom. The van der Waals surface area contributed by atoms with Gasteiger partial charge in [0.1, 0.15) is 0 Å². The Bertz CT molecular complexity index is 254. The van der Waals surface area contributed by atoms with Gasteiger partial charge in [-0.15, -0.1) is 6.42 Å². The van der Waals surface area contributed by atoms with E-state index < -0.39 is 0 Å². The zero-order chi connectivity index (χ0) is 14.1. The van der Waals surface area contributed by atoms with Crippen molar-refractivity contribution in [3.8, 4) is 12.3 Å². The lowest BCUT2D eigenvalue weighted by atomic mass is 10.0. The van der Waals surface area contributed by atoms with Crippen LogP contribution in [0.25, 0.3) is 0 Å². The standard InChI is InChI=1S/C16H31IN/c1-6-9-10-11-12-15-18(4,5)16(17,13-7-2)14-8-3/h2H,6,8-15H2,1,3-5H3/q+1. The summed E-state index contributed by atoms with van der Waals surface area (Å²) in [4.78, 5) is 0. The van der Waals surface area contributed by atoms with Crippen LogP contribution in [0.2, 0.25) is 0 Å². The van der Waals surface area contributed by atoms with Gasteiger partial charge in [-0.25, -0.2) is 0 Å². The quantitative estimate of drug-likeness (QED) is 0.128. The van der Waals surface area contributed by atoms with Gasteiger partial charge in [-0.1, -0.05) is 39.0 Å². The third kappa shape index (κ3) is 5.93. The van der Waals surface area contributed by atoms with Gasteiger partial charge in [0.25, 0.3) is 0 Å². The lowest BCUT2D eigenvalue weighted by molar-refractivity contribution is -0.920. The minimum absolute atomic E-state index is 0.214. The summed E-state index contributed by atoms with van der Waals surface area (Å²) in [5.41, 5.74) is 0. The Balaban J connectivity index is 4.32. The van der Waals surface area contributed by atoms with E-state index in [9.17, 15) is 0 Å². The molecule has 0 aliphatic heterocycles. The molecule has 0 aliphatic carbocycles. The third-order valence-electron chi connectivity index (χ3n) is 3.91. The van der Waals surface area contributed by atoms with E-state index >= 15 is 0 Å². The van der Waals surface area contributed by atoms with Crippen molar-refractivity contribution in [2.24, 2.45) is 0 Å². The molecule has 0 rings (SSSR count). The van der Waals surface area contributed by atoms with Crippen LogP contribution in [-0.4, -0.2) is 28.7 Å². The predicted octanol–water partition coefficient (Wildman–Crippen LogP) is 4.99. The van der Waals surface area contributed by atoms with E-state index in [4.69, 9.17) is 6.42 Å². The van der Waals surface area contributed by atoms with Crippen molar-refractivity contribution in [3.63, 3.8) is 0 Å². The normalized spacial score (nSPS) is 15.1. The SMILES string of the molecule is C#CCC(I)(CCC)[N+](C)(C)CCCCCCC. The van der Waals surface area contributed by atoms with E-state index in [0.717, 1.165) is 10.9 Å². The van der Waals surface area contributed by atoms with E-state index in [1.54, 1.807) is 0 Å². The second-order valence-corrected chi connectivity index (χ2v) is 7.88. The second kappa shape index (κ2) is 9.20. The molecule has 1 atom stereocenters. The largest absolute Gasteiger partial charge is 0.315 e. The molecule has 0 aromatic carbocycles. The molecule has 1 unspecified atom stereocenters. The van der Waals surface area contributed by atoms with Gasteiger partial charge in [0.2, 0.25) is 0 Å². The van der Waals surface area contributed by atoms with Gasteiger partial charge in [0, 0.05) is 6.42 Å². The Hall–Kier alpha value is 0.250. The Morgan fingerprint density at radius 2 is 1.67 bits per heavy atom. The molecule has 0 amide bonds. The van der Waals surface area contributed by atoms with Crippen LogP contribution in [0.4, 0.5) is 0 Å². The molecule has 0 radical (unpaired) electrons. The van der Waals surface area contributed by atoms with Gasteiger partial charge in [0.15, 0.2) is 3.55 Å². The summed E-state index contributed by atoms with van der Waals surface area (Å²) in [5, 5.41) is 0. The van der Waals surface area contributed by atoms with Crippen molar-refractivity contribution < 1.29 is 4.48 Å². The maximum atomic E-state index is 5.57. The number of rotatable bonds is 10. The van der Waals surface area contributed by atoms with Crippen molar-refractivity contribution in [3.05, 3.63) is 0 Å². The Morgan fingerprint density at radius 3 is 2.17 bits per heavy atom. The van der Waals surface area contributed by atoms with Crippen molar-refractivity contribution in [2.75, 3.05) is 20.6 Å². The van der Waals surface area contributed by atoms with Crippen LogP contribution in [-0.2, 0) is 0 Å². The summed E-state index contributed by atoms with van der Waals surface area (Å²) in [6.07, 6.45) is 15.6. The number of halogens is 1. The zero-order valence-electron chi connectivity index (χ0n) is 12.8. The van der Waals surface area contributed by atoms with Gasteiger partial charge in [0.05, 0.1) is 27.1 Å². The first-order valence-electron chi connectivity index (χ1n) is 7.39. The van der Waals surface area contributed by atoms with Gasteiger partial charge >= 0.3 is 0 Å². The summed E-state index contributed by atoms with van der Waals surface area (Å²) in [5.74, 6) is 2.89. The van der Waals surface area contributed by atoms with Gasteiger partial charge in [-0.2, -0.15) is 0 Å². The number of nitrogens with zero attached hydrogens (tertiary/aromatic N) is 1. The molecular weight excluding hydrogens is 333 g/mol. The second-order valence-electron chi connectivity index (χ2n) is 5.87. The summed E-state index contributed by atoms with van der Waals surface area (Å²) in [6, 6.07) is 0. The molecular formula is C16H31IN+. The van der Waals surface area contributed by atoms with E-state index in [1.165, 1.54) is 51.5 Å². The fraction of sp³-hybridized carbons (Fsp3) is 0.875. The topological polar surface area (TPSA) is 0 Å². The first-order chi connectivity index (χ1) is 8.43. The smallest absolute Gasteiger partial charge is 0.160 e. The highest BCUT2D eigenvalue weighted by atomic mass is 127. The van der Waals surface area contributed by atoms with Crippen LogP contribution in [0.3, 0.4) is 0 Å². The van der Waals surface area contributed by atoms with Crippen LogP contribution in [0.15, 0.2) is 0 Å². The molecule has 18 heavy (non-hydrogen) atoms. The molecule has 0 bridgehead atoms. The highest BCUT2D eigenvalue weighted by molar-refractivity contribution is 14.1. The van der Waals surface area contributed by atoms with Crippen LogP contribution in [0, 0.1) is 12.3 Å². The monoisotopic (exact) mass is 364 g/mol. The van der Waals surface area contributed by atoms with Gasteiger partial charge in [-0.05, 0) is 41.9 Å². The average Bonchev–Trinajstić information content (AvgIpc) is 2.29. The van der Waals surface area contributed by atoms with Crippen molar-refractivity contribution in [1.29, 1.82) is 0 Å². The van der Waals surface area contributed by atoms with E-state index in [0.29, 0.717) is 0 Å². The summed E-state index contributed by atoms with van der Waals surface area (Å²) >= 11 is 2.62. The summed E-state index contributed by atoms with van der Waals surface area (Å²) in [6.45, 7) is 5.77. The highest BCUT2D eigenvalue weighted by Gasteiger charge is 2.41. The number of quaternary nitrogens is 1. The lowest BCUT2D eigenvalue weighted by Gasteiger charge is -2.44. The fourth-order valence-corrected chi connectivity index (χ4v) is 3.46. The summed E-state index contributed by atoms with van der Waals surface area (Å²) in [7, 11) is 4.69. The molecule has 0 heterocycles. The maximum Gasteiger partial charge on any atom is 0.160 e. The minimum atomic E-state index is 0.214. The van der Waals surface area contributed by atoms with Crippen LogP contribution < -0.4 is 0 Å². The molecule has 106 valence electrons. The molecule has 0 spiro atoms. The third-order valence-corrected chi connectivity index (χ3v) is 6.14. The molecule has 0 aromatic heterocycles. The molecule has 2 heteroatoms. The van der Waals surface area contributed by atoms with E-state index in [1.807, 2.05) is 0 Å². The van der Waals surface area contributed by atoms with E-state index in [2.05, 4.69) is 56.5 Å². The molecule has 0 aliphatic rings. The van der Waals surface area contributed by atoms with Crippen LogP contribution in [0.5, 0.6) is 0 Å². The van der Waals surface area contributed by atoms with Crippen LogP contribution >= 0.6 is 22.6 Å². The first-order valence-corrected chi connectivity index (χ1v) is 8.47. The minimum Gasteiger partial charge on any atom is -0.315 e. The molecule has 0 aromatic rings. The fourth-order valence-electron chi connectivity index (χ4n) is 2.46. The molecule has 0 saturated carbocycles. The number of hydrogen-bond acceptors (Lipinski definition) is 0. The Labute approximate surface area is 128 Å². The first kappa shape index (κ1) is 18.2. The summed E-state index contributed by atoms with van der Waals surface area (Å²) < 4.78 is 1.27. The molecule has 0 fully saturated rings. The molecule has 1 nitrogen and oxygen atoms in total. The van der Waals surface area contributed by atoms with Crippen molar-refractivity contribution >= 4 is 22.6 Å². The van der Waals surface area contributed by atoms with Crippen molar-refractivity contribution in [1.82, 2.24) is 0 Å².